The van der Waals surface area contributed by atoms with Crippen molar-refractivity contribution in [1.82, 2.24) is 4.98 Å². The number of aromatic nitrogens is 1. The average Bonchev–Trinajstić information content (AvgIpc) is 3.14. The molecule has 1 saturated carbocycles. The number of benzene rings is 1. The van der Waals surface area contributed by atoms with Crippen molar-refractivity contribution in [3.63, 3.8) is 0 Å². The minimum atomic E-state index is -0.308. The van der Waals surface area contributed by atoms with Crippen molar-refractivity contribution < 1.29 is 13.9 Å². The molecule has 0 unspecified atom stereocenters. The molecule has 166 valence electrons. The number of nitrogens with zero attached hydrogens (tertiary/aromatic N) is 2. The van der Waals surface area contributed by atoms with Crippen molar-refractivity contribution in [3.05, 3.63) is 42.3 Å². The molecule has 2 aliphatic rings. The van der Waals surface area contributed by atoms with Gasteiger partial charge in [0.05, 0.1) is 11.8 Å². The molecular weight excluding hydrogens is 393 g/mol. The highest BCUT2D eigenvalue weighted by atomic mass is 19.1. The lowest BCUT2D eigenvalue weighted by Gasteiger charge is -2.28. The van der Waals surface area contributed by atoms with Crippen LogP contribution in [-0.2, 0) is 9.53 Å². The molecule has 1 aliphatic carbocycles. The molecule has 31 heavy (non-hydrogen) atoms. The summed E-state index contributed by atoms with van der Waals surface area (Å²) >= 11 is 0. The van der Waals surface area contributed by atoms with Crippen LogP contribution in [0.3, 0.4) is 0 Å². The number of rotatable bonds is 5. The van der Waals surface area contributed by atoms with E-state index in [2.05, 4.69) is 29.0 Å². The van der Waals surface area contributed by atoms with Crippen LogP contribution in [0, 0.1) is 17.2 Å². The van der Waals surface area contributed by atoms with Gasteiger partial charge in [0.2, 0.25) is 5.91 Å². The number of pyridine rings is 1. The van der Waals surface area contributed by atoms with E-state index >= 15 is 0 Å². The van der Waals surface area contributed by atoms with Crippen molar-refractivity contribution in [2.75, 3.05) is 30.4 Å². The topological polar surface area (TPSA) is 54.5 Å². The fourth-order valence-electron chi connectivity index (χ4n) is 4.80. The van der Waals surface area contributed by atoms with Gasteiger partial charge in [-0.05, 0) is 49.7 Å². The van der Waals surface area contributed by atoms with Gasteiger partial charge >= 0.3 is 0 Å². The molecule has 1 amide bonds. The van der Waals surface area contributed by atoms with Crippen molar-refractivity contribution in [1.29, 1.82) is 0 Å². The molecule has 1 aliphatic heterocycles. The van der Waals surface area contributed by atoms with E-state index in [1.54, 1.807) is 31.5 Å². The highest BCUT2D eigenvalue weighted by Gasteiger charge is 2.33. The molecular formula is C25H32FN3O2. The van der Waals surface area contributed by atoms with Gasteiger partial charge in [0.25, 0.3) is 0 Å². The summed E-state index contributed by atoms with van der Waals surface area (Å²) in [5.41, 5.74) is 1.94. The van der Waals surface area contributed by atoms with E-state index in [1.807, 2.05) is 6.07 Å². The minimum Gasteiger partial charge on any atom is -0.381 e. The van der Waals surface area contributed by atoms with Gasteiger partial charge in [-0.15, -0.1) is 0 Å². The van der Waals surface area contributed by atoms with Crippen LogP contribution >= 0.6 is 0 Å². The highest BCUT2D eigenvalue weighted by molar-refractivity contribution is 6.00. The molecule has 2 heterocycles. The highest BCUT2D eigenvalue weighted by Crippen LogP contribution is 2.40. The lowest BCUT2D eigenvalue weighted by molar-refractivity contribution is -0.121. The third-order valence-electron chi connectivity index (χ3n) is 6.70. The molecule has 1 saturated heterocycles. The third-order valence-corrected chi connectivity index (χ3v) is 6.70. The van der Waals surface area contributed by atoms with Gasteiger partial charge in [0.15, 0.2) is 5.82 Å². The second-order valence-corrected chi connectivity index (χ2v) is 9.57. The van der Waals surface area contributed by atoms with Crippen LogP contribution in [0.4, 0.5) is 15.9 Å². The van der Waals surface area contributed by atoms with E-state index in [-0.39, 0.29) is 29.2 Å². The molecule has 1 aromatic carbocycles. The number of nitrogens with one attached hydrogen (secondary N) is 1. The van der Waals surface area contributed by atoms with Gasteiger partial charge in [-0.25, -0.2) is 9.37 Å². The Balaban J connectivity index is 1.68. The van der Waals surface area contributed by atoms with E-state index in [0.717, 1.165) is 51.0 Å². The molecule has 0 radical (unpaired) electrons. The molecule has 5 nitrogen and oxygen atoms in total. The number of carbonyl (C=O) groups excluding carboxylic acids is 1. The summed E-state index contributed by atoms with van der Waals surface area (Å²) in [5, 5.41) is 3.16. The summed E-state index contributed by atoms with van der Waals surface area (Å²) in [7, 11) is 1.73. The maximum atomic E-state index is 14.7. The predicted octanol–water partition coefficient (Wildman–Crippen LogP) is 5.27. The van der Waals surface area contributed by atoms with E-state index < -0.39 is 0 Å². The fraction of sp³-hybridized carbons (Fsp3) is 0.520. The largest absolute Gasteiger partial charge is 0.381 e. The molecule has 6 heteroatoms. The SMILES string of the molecule is COC1CCC(C(=O)Nc2c(-c3ccccc3F)ccnc2N2CCC(C)(C)C2)CC1. The maximum Gasteiger partial charge on any atom is 0.227 e. The standard InChI is InChI=1S/C25H32FN3O2/c1-25(2)13-15-29(16-25)23-22(28-24(30)17-8-10-18(31-3)11-9-17)20(12-14-27-23)19-6-4-5-7-21(19)26/h4-7,12,14,17-18H,8-11,13,15-16H2,1-3H3,(H,28,30). The minimum absolute atomic E-state index is 0.0140. The Kier molecular flexibility index (Phi) is 6.28. The lowest BCUT2D eigenvalue weighted by atomic mass is 9.86. The number of anilines is 2. The Bertz CT molecular complexity index is 938. The van der Waals surface area contributed by atoms with Crippen LogP contribution in [0.1, 0.15) is 46.0 Å². The molecule has 1 N–H and O–H groups in total. The number of halogens is 1. The Morgan fingerprint density at radius 2 is 1.90 bits per heavy atom. The predicted molar refractivity (Wildman–Crippen MR) is 122 cm³/mol. The summed E-state index contributed by atoms with van der Waals surface area (Å²) in [6, 6.07) is 8.49. The normalized spacial score (nSPS) is 23.0. The molecule has 2 fully saturated rings. The van der Waals surface area contributed by atoms with Crippen LogP contribution in [-0.4, -0.2) is 37.2 Å². The van der Waals surface area contributed by atoms with Crippen molar-refractivity contribution >= 4 is 17.4 Å². The molecule has 2 aromatic rings. The van der Waals surface area contributed by atoms with E-state index in [9.17, 15) is 9.18 Å². The third kappa shape index (κ3) is 4.74. The van der Waals surface area contributed by atoms with Crippen molar-refractivity contribution in [2.45, 2.75) is 52.1 Å². The average molecular weight is 426 g/mol. The van der Waals surface area contributed by atoms with Gasteiger partial charge in [-0.1, -0.05) is 32.0 Å². The molecule has 0 atom stereocenters. The van der Waals surface area contributed by atoms with E-state index in [0.29, 0.717) is 16.8 Å². The first-order chi connectivity index (χ1) is 14.9. The van der Waals surface area contributed by atoms with Crippen LogP contribution in [0.15, 0.2) is 36.5 Å². The smallest absolute Gasteiger partial charge is 0.227 e. The Morgan fingerprint density at radius 1 is 1.16 bits per heavy atom. The van der Waals surface area contributed by atoms with Gasteiger partial charge in [0, 0.05) is 43.4 Å². The van der Waals surface area contributed by atoms with Gasteiger partial charge in [0.1, 0.15) is 5.82 Å². The number of hydrogen-bond donors (Lipinski definition) is 1. The fourth-order valence-corrected chi connectivity index (χ4v) is 4.80. The zero-order valence-electron chi connectivity index (χ0n) is 18.7. The summed E-state index contributed by atoms with van der Waals surface area (Å²) in [5.74, 6) is 0.338. The van der Waals surface area contributed by atoms with E-state index in [4.69, 9.17) is 4.74 Å². The number of hydrogen-bond acceptors (Lipinski definition) is 4. The van der Waals surface area contributed by atoms with Crippen LogP contribution in [0.2, 0.25) is 0 Å². The van der Waals surface area contributed by atoms with Crippen LogP contribution in [0.5, 0.6) is 0 Å². The molecule has 0 spiro atoms. The van der Waals surface area contributed by atoms with Crippen LogP contribution < -0.4 is 10.2 Å². The zero-order chi connectivity index (χ0) is 22.0. The zero-order valence-corrected chi connectivity index (χ0v) is 18.7. The number of ether oxygens (including phenoxy) is 1. The number of amides is 1. The Labute approximate surface area is 184 Å². The quantitative estimate of drug-likeness (QED) is 0.709. The van der Waals surface area contributed by atoms with Crippen molar-refractivity contribution in [3.8, 4) is 11.1 Å². The van der Waals surface area contributed by atoms with Gasteiger partial charge < -0.3 is 15.0 Å². The maximum absolute atomic E-state index is 14.7. The second-order valence-electron chi connectivity index (χ2n) is 9.57. The van der Waals surface area contributed by atoms with Crippen molar-refractivity contribution in [2.24, 2.45) is 11.3 Å². The van der Waals surface area contributed by atoms with E-state index in [1.165, 1.54) is 6.07 Å². The lowest BCUT2D eigenvalue weighted by Crippen LogP contribution is -2.31. The Hall–Kier alpha value is -2.47. The van der Waals surface area contributed by atoms with Crippen LogP contribution in [0.25, 0.3) is 11.1 Å². The second kappa shape index (κ2) is 8.95. The molecule has 0 bridgehead atoms. The summed E-state index contributed by atoms with van der Waals surface area (Å²) in [4.78, 5) is 20.1. The number of carbonyl (C=O) groups is 1. The first-order valence-corrected chi connectivity index (χ1v) is 11.2. The Morgan fingerprint density at radius 3 is 2.55 bits per heavy atom. The first kappa shape index (κ1) is 21.8. The summed E-state index contributed by atoms with van der Waals surface area (Å²) in [6.45, 7) is 6.19. The van der Waals surface area contributed by atoms with Gasteiger partial charge in [-0.3, -0.25) is 4.79 Å². The van der Waals surface area contributed by atoms with Gasteiger partial charge in [-0.2, -0.15) is 0 Å². The summed E-state index contributed by atoms with van der Waals surface area (Å²) < 4.78 is 20.1. The summed E-state index contributed by atoms with van der Waals surface area (Å²) in [6.07, 6.45) is 6.36. The first-order valence-electron chi connectivity index (χ1n) is 11.2. The monoisotopic (exact) mass is 425 g/mol. The molecule has 4 rings (SSSR count). The molecule has 1 aromatic heterocycles. The number of methoxy groups -OCH3 is 1.